The van der Waals surface area contributed by atoms with E-state index in [1.165, 1.54) is 11.3 Å². The quantitative estimate of drug-likeness (QED) is 0.852. The Hall–Kier alpha value is -0.990. The normalized spacial score (nSPS) is 22.5. The molecule has 0 spiro atoms. The summed E-state index contributed by atoms with van der Waals surface area (Å²) in [6.45, 7) is 3.72. The molecular formula is C13H21N5OS2. The van der Waals surface area contributed by atoms with E-state index in [0.717, 1.165) is 49.2 Å². The zero-order valence-electron chi connectivity index (χ0n) is 12.2. The smallest absolute Gasteiger partial charge is 0.267 e. The second-order valence-corrected chi connectivity index (χ2v) is 7.51. The molecule has 0 saturated carbocycles. The van der Waals surface area contributed by atoms with Gasteiger partial charge in [-0.3, -0.25) is 4.79 Å². The van der Waals surface area contributed by atoms with Crippen LogP contribution in [0.4, 0.5) is 10.9 Å². The molecule has 3 heterocycles. The Kier molecular flexibility index (Phi) is 4.56. The molecule has 0 radical (unpaired) electrons. The summed E-state index contributed by atoms with van der Waals surface area (Å²) in [5, 5.41) is 4.18. The first-order valence-electron chi connectivity index (χ1n) is 7.23. The van der Waals surface area contributed by atoms with Gasteiger partial charge in [0, 0.05) is 45.0 Å². The van der Waals surface area contributed by atoms with Crippen molar-refractivity contribution in [2.75, 3.05) is 55.4 Å². The molecule has 2 aliphatic heterocycles. The summed E-state index contributed by atoms with van der Waals surface area (Å²) in [7, 11) is 1.88. The van der Waals surface area contributed by atoms with Crippen LogP contribution in [0.25, 0.3) is 0 Å². The molecule has 0 aliphatic carbocycles. The monoisotopic (exact) mass is 327 g/mol. The average Bonchev–Trinajstić information content (AvgIpc) is 3.16. The van der Waals surface area contributed by atoms with Crippen LogP contribution >= 0.6 is 23.1 Å². The third kappa shape index (κ3) is 3.12. The fraction of sp³-hybridized carbons (Fsp3) is 0.692. The number of nitrogens with zero attached hydrogens (tertiary/aromatic N) is 3. The van der Waals surface area contributed by atoms with Gasteiger partial charge in [-0.25, -0.2) is 4.98 Å². The first-order chi connectivity index (χ1) is 10.2. The largest absolute Gasteiger partial charge is 0.382 e. The molecule has 1 amide bonds. The van der Waals surface area contributed by atoms with Crippen LogP contribution in [0.5, 0.6) is 0 Å². The highest BCUT2D eigenvalue weighted by Crippen LogP contribution is 2.31. The van der Waals surface area contributed by atoms with Gasteiger partial charge in [0.1, 0.15) is 10.7 Å². The number of hydrogen-bond acceptors (Lipinski definition) is 7. The number of anilines is 2. The van der Waals surface area contributed by atoms with Crippen molar-refractivity contribution < 1.29 is 4.79 Å². The Bertz CT molecular complexity index is 509. The third-order valence-electron chi connectivity index (χ3n) is 4.00. The Morgan fingerprint density at radius 2 is 2.24 bits per heavy atom. The van der Waals surface area contributed by atoms with Crippen molar-refractivity contribution >= 4 is 40.0 Å². The van der Waals surface area contributed by atoms with Gasteiger partial charge in [-0.05, 0) is 12.2 Å². The number of thiazole rings is 1. The Morgan fingerprint density at radius 3 is 2.90 bits per heavy atom. The summed E-state index contributed by atoms with van der Waals surface area (Å²) in [4.78, 5) is 21.6. The number of thioether (sulfide) groups is 1. The molecule has 2 aliphatic rings. The molecule has 2 fully saturated rings. The summed E-state index contributed by atoms with van der Waals surface area (Å²) in [5.74, 6) is 2.54. The number of carbonyl (C=O) groups is 1. The number of nitrogens with two attached hydrogens (primary N) is 1. The first kappa shape index (κ1) is 14.9. The van der Waals surface area contributed by atoms with Crippen molar-refractivity contribution in [1.82, 2.24) is 15.2 Å². The highest BCUT2D eigenvalue weighted by atomic mass is 32.2. The highest BCUT2D eigenvalue weighted by molar-refractivity contribution is 7.99. The van der Waals surface area contributed by atoms with Crippen LogP contribution in [0.15, 0.2) is 0 Å². The minimum absolute atomic E-state index is 0.0129. The van der Waals surface area contributed by atoms with Crippen LogP contribution in [0.2, 0.25) is 0 Å². The topological polar surface area (TPSA) is 74.5 Å². The summed E-state index contributed by atoms with van der Waals surface area (Å²) >= 11 is 3.33. The van der Waals surface area contributed by atoms with Gasteiger partial charge in [0.2, 0.25) is 0 Å². The van der Waals surface area contributed by atoms with Gasteiger partial charge in [-0.15, -0.1) is 0 Å². The Morgan fingerprint density at radius 1 is 1.48 bits per heavy atom. The van der Waals surface area contributed by atoms with E-state index in [1.54, 1.807) is 0 Å². The lowest BCUT2D eigenvalue weighted by molar-refractivity contribution is 0.0753. The lowest BCUT2D eigenvalue weighted by Gasteiger charge is -2.26. The molecule has 21 heavy (non-hydrogen) atoms. The van der Waals surface area contributed by atoms with E-state index in [1.807, 2.05) is 23.7 Å². The fourth-order valence-corrected chi connectivity index (χ4v) is 4.91. The van der Waals surface area contributed by atoms with Gasteiger partial charge in [0.05, 0.1) is 0 Å². The number of carbonyl (C=O) groups excluding carboxylic acids is 1. The van der Waals surface area contributed by atoms with Crippen LogP contribution in [0.1, 0.15) is 16.1 Å². The van der Waals surface area contributed by atoms with Crippen molar-refractivity contribution in [1.29, 1.82) is 0 Å². The molecule has 3 rings (SSSR count). The number of aromatic nitrogens is 1. The lowest BCUT2D eigenvalue weighted by atomic mass is 10.2. The highest BCUT2D eigenvalue weighted by Gasteiger charge is 2.28. The molecule has 1 aromatic rings. The van der Waals surface area contributed by atoms with Crippen LogP contribution in [0, 0.1) is 0 Å². The van der Waals surface area contributed by atoms with E-state index >= 15 is 0 Å². The van der Waals surface area contributed by atoms with Crippen molar-refractivity contribution in [2.24, 2.45) is 0 Å². The predicted molar refractivity (Wildman–Crippen MR) is 89.4 cm³/mol. The zero-order chi connectivity index (χ0) is 14.8. The van der Waals surface area contributed by atoms with Gasteiger partial charge in [-0.2, -0.15) is 11.8 Å². The number of nitrogen functional groups attached to an aromatic ring is 1. The molecule has 1 aromatic heterocycles. The van der Waals surface area contributed by atoms with E-state index in [-0.39, 0.29) is 5.91 Å². The maximum atomic E-state index is 12.6. The van der Waals surface area contributed by atoms with Gasteiger partial charge in [0.25, 0.3) is 5.91 Å². The standard InChI is InChI=1S/C13H21N5OS2/c1-17(9-2-7-20-8-9)12(19)10-11(14)16-13(21-10)18-5-3-15-4-6-18/h9,15H,2-8,14H2,1H3. The van der Waals surface area contributed by atoms with E-state index in [2.05, 4.69) is 15.2 Å². The molecule has 6 nitrogen and oxygen atoms in total. The predicted octanol–water partition coefficient (Wildman–Crippen LogP) is 0.712. The Labute approximate surface area is 133 Å². The van der Waals surface area contributed by atoms with Gasteiger partial charge >= 0.3 is 0 Å². The molecule has 0 bridgehead atoms. The lowest BCUT2D eigenvalue weighted by Crippen LogP contribution is -2.43. The van der Waals surface area contributed by atoms with Crippen molar-refractivity contribution in [3.63, 3.8) is 0 Å². The maximum Gasteiger partial charge on any atom is 0.267 e. The van der Waals surface area contributed by atoms with Crippen LogP contribution in [-0.2, 0) is 0 Å². The summed E-state index contributed by atoms with van der Waals surface area (Å²) in [6.07, 6.45) is 1.07. The molecule has 8 heteroatoms. The average molecular weight is 327 g/mol. The minimum atomic E-state index is 0.0129. The van der Waals surface area contributed by atoms with Crippen LogP contribution in [0.3, 0.4) is 0 Å². The van der Waals surface area contributed by atoms with E-state index in [4.69, 9.17) is 5.73 Å². The van der Waals surface area contributed by atoms with E-state index in [9.17, 15) is 4.79 Å². The number of piperazine rings is 1. The van der Waals surface area contributed by atoms with Gasteiger partial charge in [0.15, 0.2) is 5.13 Å². The molecule has 116 valence electrons. The second kappa shape index (κ2) is 6.41. The van der Waals surface area contributed by atoms with Crippen molar-refractivity contribution in [2.45, 2.75) is 12.5 Å². The first-order valence-corrected chi connectivity index (χ1v) is 9.21. The minimum Gasteiger partial charge on any atom is -0.382 e. The summed E-state index contributed by atoms with van der Waals surface area (Å²) < 4.78 is 0. The van der Waals surface area contributed by atoms with Gasteiger partial charge < -0.3 is 20.9 Å². The SMILES string of the molecule is CN(C(=O)c1sc(N2CCNCC2)nc1N)C1CCSC1. The molecule has 1 atom stereocenters. The second-order valence-electron chi connectivity index (χ2n) is 5.38. The van der Waals surface area contributed by atoms with E-state index < -0.39 is 0 Å². The van der Waals surface area contributed by atoms with Gasteiger partial charge in [-0.1, -0.05) is 11.3 Å². The number of nitrogens with one attached hydrogen (secondary N) is 1. The number of hydrogen-bond donors (Lipinski definition) is 2. The molecule has 2 saturated heterocycles. The van der Waals surface area contributed by atoms with Crippen molar-refractivity contribution in [3.05, 3.63) is 4.88 Å². The maximum absolute atomic E-state index is 12.6. The van der Waals surface area contributed by atoms with Crippen molar-refractivity contribution in [3.8, 4) is 0 Å². The summed E-state index contributed by atoms with van der Waals surface area (Å²) in [5.41, 5.74) is 5.99. The number of amides is 1. The third-order valence-corrected chi connectivity index (χ3v) is 6.26. The fourth-order valence-electron chi connectivity index (χ4n) is 2.62. The summed E-state index contributed by atoms with van der Waals surface area (Å²) in [6, 6.07) is 0.326. The molecular weight excluding hydrogens is 306 g/mol. The molecule has 3 N–H and O–H groups in total. The number of rotatable bonds is 3. The van der Waals surface area contributed by atoms with E-state index in [0.29, 0.717) is 16.7 Å². The van der Waals surface area contributed by atoms with Crippen LogP contribution in [-0.4, -0.2) is 66.6 Å². The Balaban J connectivity index is 1.75. The zero-order valence-corrected chi connectivity index (χ0v) is 13.8. The van der Waals surface area contributed by atoms with Crippen LogP contribution < -0.4 is 16.0 Å². The molecule has 0 aromatic carbocycles. The molecule has 1 unspecified atom stereocenters.